The number of hydrogen-bond donors (Lipinski definition) is 1. The number of nitrogens with one attached hydrogen (secondary N) is 1. The number of likely N-dealkylation sites (N-methyl/N-ethyl adjacent to an activating group) is 1. The van der Waals surface area contributed by atoms with E-state index in [4.69, 9.17) is 0 Å². The molecule has 1 aromatic carbocycles. The summed E-state index contributed by atoms with van der Waals surface area (Å²) in [6.45, 7) is 6.38. The van der Waals surface area contributed by atoms with E-state index in [0.29, 0.717) is 29.9 Å². The Morgan fingerprint density at radius 2 is 2.04 bits per heavy atom. The van der Waals surface area contributed by atoms with Crippen molar-refractivity contribution in [3.05, 3.63) is 54.2 Å². The SMILES string of the molecule is CCN1CCN(S(=O)(=O)c2ccc(C)c3ncccc23)C[C@H]1c1ncc[nH]1. The number of nitrogens with zero attached hydrogens (tertiary/aromatic N) is 4. The fourth-order valence-corrected chi connectivity index (χ4v) is 5.38. The lowest BCUT2D eigenvalue weighted by Gasteiger charge is -2.39. The van der Waals surface area contributed by atoms with Crippen molar-refractivity contribution in [3.63, 3.8) is 0 Å². The minimum Gasteiger partial charge on any atom is -0.347 e. The highest BCUT2D eigenvalue weighted by atomic mass is 32.2. The quantitative estimate of drug-likeness (QED) is 0.745. The third-order valence-corrected chi connectivity index (χ3v) is 7.17. The van der Waals surface area contributed by atoms with Gasteiger partial charge in [-0.1, -0.05) is 13.0 Å². The number of piperazine rings is 1. The number of aryl methyl sites for hydroxylation is 1. The Kier molecular flexibility index (Phi) is 4.71. The minimum absolute atomic E-state index is 0.0802. The molecule has 3 heterocycles. The molecule has 1 aliphatic rings. The number of rotatable bonds is 4. The number of hydrogen-bond acceptors (Lipinski definition) is 5. The number of imidazole rings is 1. The van der Waals surface area contributed by atoms with E-state index in [9.17, 15) is 8.42 Å². The standard InChI is InChI=1S/C19H23N5O2S/c1-3-23-11-12-24(13-16(23)19-21-9-10-22-19)27(25,26)17-7-6-14(2)18-15(17)5-4-8-20-18/h4-10,16H,3,11-13H2,1-2H3,(H,21,22)/t16-/m0/s1. The molecule has 4 rings (SSSR count). The van der Waals surface area contributed by atoms with Crippen LogP contribution in [-0.2, 0) is 10.0 Å². The van der Waals surface area contributed by atoms with E-state index in [1.807, 2.05) is 19.1 Å². The Labute approximate surface area is 159 Å². The largest absolute Gasteiger partial charge is 0.347 e. The van der Waals surface area contributed by atoms with Crippen LogP contribution in [0.2, 0.25) is 0 Å². The average Bonchev–Trinajstić information content (AvgIpc) is 3.22. The van der Waals surface area contributed by atoms with E-state index >= 15 is 0 Å². The zero-order chi connectivity index (χ0) is 19.0. The van der Waals surface area contributed by atoms with E-state index in [1.54, 1.807) is 35.0 Å². The first-order valence-corrected chi connectivity index (χ1v) is 10.5. The van der Waals surface area contributed by atoms with Gasteiger partial charge in [0.2, 0.25) is 10.0 Å². The Balaban J connectivity index is 1.74. The number of pyridine rings is 1. The maximum absolute atomic E-state index is 13.5. The summed E-state index contributed by atoms with van der Waals surface area (Å²) in [5.41, 5.74) is 1.70. The van der Waals surface area contributed by atoms with Crippen LogP contribution in [0, 0.1) is 6.92 Å². The van der Waals surface area contributed by atoms with Crippen LogP contribution in [0.25, 0.3) is 10.9 Å². The van der Waals surface area contributed by atoms with Crippen LogP contribution in [0.5, 0.6) is 0 Å². The van der Waals surface area contributed by atoms with E-state index in [-0.39, 0.29) is 6.04 Å². The van der Waals surface area contributed by atoms with Crippen molar-refractivity contribution in [2.45, 2.75) is 24.8 Å². The summed E-state index contributed by atoms with van der Waals surface area (Å²) in [5.74, 6) is 0.798. The number of H-pyrrole nitrogens is 1. The van der Waals surface area contributed by atoms with Crippen LogP contribution in [0.4, 0.5) is 0 Å². The molecule has 3 aromatic rings. The molecular weight excluding hydrogens is 362 g/mol. The third-order valence-electron chi connectivity index (χ3n) is 5.24. The molecule has 7 nitrogen and oxygen atoms in total. The van der Waals surface area contributed by atoms with E-state index < -0.39 is 10.0 Å². The van der Waals surface area contributed by atoms with Crippen molar-refractivity contribution in [2.24, 2.45) is 0 Å². The molecule has 0 aliphatic carbocycles. The molecule has 142 valence electrons. The van der Waals surface area contributed by atoms with Gasteiger partial charge in [-0.25, -0.2) is 13.4 Å². The van der Waals surface area contributed by atoms with Crippen molar-refractivity contribution in [3.8, 4) is 0 Å². The summed E-state index contributed by atoms with van der Waals surface area (Å²) >= 11 is 0. The van der Waals surface area contributed by atoms with Gasteiger partial charge >= 0.3 is 0 Å². The number of benzene rings is 1. The van der Waals surface area contributed by atoms with Crippen molar-refractivity contribution in [2.75, 3.05) is 26.2 Å². The first-order valence-electron chi connectivity index (χ1n) is 9.10. The van der Waals surface area contributed by atoms with Gasteiger partial charge in [0.25, 0.3) is 0 Å². The number of fused-ring (bicyclic) bond motifs is 1. The predicted molar refractivity (Wildman–Crippen MR) is 104 cm³/mol. The summed E-state index contributed by atoms with van der Waals surface area (Å²) in [7, 11) is -3.64. The van der Waals surface area contributed by atoms with Crippen LogP contribution in [0.15, 0.2) is 47.8 Å². The Morgan fingerprint density at radius 1 is 1.19 bits per heavy atom. The minimum atomic E-state index is -3.64. The number of aromatic amines is 1. The Morgan fingerprint density at radius 3 is 2.78 bits per heavy atom. The van der Waals surface area contributed by atoms with Gasteiger partial charge in [0.15, 0.2) is 0 Å². The molecule has 1 saturated heterocycles. The fraction of sp³-hybridized carbons (Fsp3) is 0.368. The average molecular weight is 385 g/mol. The van der Waals surface area contributed by atoms with Crippen LogP contribution < -0.4 is 0 Å². The normalized spacial score (nSPS) is 19.6. The molecular formula is C19H23N5O2S. The smallest absolute Gasteiger partial charge is 0.243 e. The highest BCUT2D eigenvalue weighted by molar-refractivity contribution is 7.89. The molecule has 8 heteroatoms. The molecule has 0 saturated carbocycles. The van der Waals surface area contributed by atoms with Gasteiger partial charge in [-0.05, 0) is 37.2 Å². The van der Waals surface area contributed by atoms with E-state index in [2.05, 4.69) is 26.8 Å². The zero-order valence-corrected chi connectivity index (χ0v) is 16.3. The van der Waals surface area contributed by atoms with E-state index in [0.717, 1.165) is 23.4 Å². The van der Waals surface area contributed by atoms with Gasteiger partial charge in [-0.2, -0.15) is 4.31 Å². The van der Waals surface area contributed by atoms with Crippen molar-refractivity contribution >= 4 is 20.9 Å². The Hall–Kier alpha value is -2.29. The van der Waals surface area contributed by atoms with Crippen LogP contribution in [0.1, 0.15) is 24.4 Å². The lowest BCUT2D eigenvalue weighted by molar-refractivity contribution is 0.119. The maximum Gasteiger partial charge on any atom is 0.243 e. The molecule has 0 bridgehead atoms. The van der Waals surface area contributed by atoms with Crippen molar-refractivity contribution < 1.29 is 8.42 Å². The molecule has 27 heavy (non-hydrogen) atoms. The monoisotopic (exact) mass is 385 g/mol. The number of sulfonamides is 1. The summed E-state index contributed by atoms with van der Waals surface area (Å²) in [6.07, 6.45) is 5.17. The second-order valence-electron chi connectivity index (χ2n) is 6.76. The molecule has 0 unspecified atom stereocenters. The Bertz CT molecular complexity index is 1050. The molecule has 0 amide bonds. The van der Waals surface area contributed by atoms with E-state index in [1.165, 1.54) is 0 Å². The van der Waals surface area contributed by atoms with Gasteiger partial charge in [0.1, 0.15) is 5.82 Å². The highest BCUT2D eigenvalue weighted by Crippen LogP contribution is 2.30. The lowest BCUT2D eigenvalue weighted by atomic mass is 10.1. The zero-order valence-electron chi connectivity index (χ0n) is 15.5. The van der Waals surface area contributed by atoms with Gasteiger partial charge in [-0.3, -0.25) is 9.88 Å². The summed E-state index contributed by atoms with van der Waals surface area (Å²) < 4.78 is 28.5. The molecule has 1 aliphatic heterocycles. The summed E-state index contributed by atoms with van der Waals surface area (Å²) in [5, 5.41) is 0.671. The fourth-order valence-electron chi connectivity index (χ4n) is 3.76. The van der Waals surface area contributed by atoms with Gasteiger partial charge in [0.05, 0.1) is 16.5 Å². The van der Waals surface area contributed by atoms with Crippen molar-refractivity contribution in [1.82, 2.24) is 24.2 Å². The van der Waals surface area contributed by atoms with Crippen LogP contribution >= 0.6 is 0 Å². The second-order valence-corrected chi connectivity index (χ2v) is 8.67. The molecule has 2 aromatic heterocycles. The highest BCUT2D eigenvalue weighted by Gasteiger charge is 2.36. The third kappa shape index (κ3) is 3.13. The van der Waals surface area contributed by atoms with Gasteiger partial charge in [-0.15, -0.1) is 0 Å². The van der Waals surface area contributed by atoms with Crippen molar-refractivity contribution in [1.29, 1.82) is 0 Å². The molecule has 1 N–H and O–H groups in total. The molecule has 0 spiro atoms. The predicted octanol–water partition coefficient (Wildman–Crippen LogP) is 2.33. The summed E-state index contributed by atoms with van der Waals surface area (Å²) in [4.78, 5) is 14.4. The number of aromatic nitrogens is 3. The van der Waals surface area contributed by atoms with Crippen LogP contribution in [0.3, 0.4) is 0 Å². The summed E-state index contributed by atoms with van der Waals surface area (Å²) in [6, 6.07) is 7.05. The topological polar surface area (TPSA) is 82.2 Å². The molecule has 1 fully saturated rings. The van der Waals surface area contributed by atoms with Gasteiger partial charge in [0, 0.05) is 43.6 Å². The van der Waals surface area contributed by atoms with Gasteiger partial charge < -0.3 is 4.98 Å². The maximum atomic E-state index is 13.5. The lowest BCUT2D eigenvalue weighted by Crippen LogP contribution is -2.50. The second kappa shape index (κ2) is 7.03. The van der Waals surface area contributed by atoms with Crippen LogP contribution in [-0.4, -0.2) is 58.8 Å². The first-order chi connectivity index (χ1) is 13.0. The first kappa shape index (κ1) is 18.1. The molecule has 0 radical (unpaired) electrons. The molecule has 1 atom stereocenters.